The van der Waals surface area contributed by atoms with Gasteiger partial charge in [0.2, 0.25) is 0 Å². The first-order chi connectivity index (χ1) is 10.7. The predicted molar refractivity (Wildman–Crippen MR) is 83.4 cm³/mol. The van der Waals surface area contributed by atoms with Gasteiger partial charge in [0, 0.05) is 5.56 Å². The minimum atomic E-state index is -0.692. The molecule has 0 unspecified atom stereocenters. The van der Waals surface area contributed by atoms with Crippen LogP contribution in [0.3, 0.4) is 0 Å². The zero-order chi connectivity index (χ0) is 15.9. The Morgan fingerprint density at radius 2 is 1.73 bits per heavy atom. The normalized spacial score (nSPS) is 10.7. The molecule has 0 atom stereocenters. The Labute approximate surface area is 129 Å². The predicted octanol–water partition coefficient (Wildman–Crippen LogP) is 3.52. The summed E-state index contributed by atoms with van der Waals surface area (Å²) in [4.78, 5) is 12.1. The fourth-order valence-electron chi connectivity index (χ4n) is 1.90. The molecule has 4 nitrogen and oxygen atoms in total. The first-order valence-electron chi connectivity index (χ1n) is 6.68. The summed E-state index contributed by atoms with van der Waals surface area (Å²) < 4.78 is 10.5. The number of esters is 1. The summed E-state index contributed by atoms with van der Waals surface area (Å²) in [5.41, 5.74) is 1.38. The van der Waals surface area contributed by atoms with Crippen molar-refractivity contribution in [1.82, 2.24) is 0 Å². The average molecular weight is 293 g/mol. The lowest BCUT2D eigenvalue weighted by molar-refractivity contribution is -0.129. The number of hydrogen-bond acceptors (Lipinski definition) is 4. The summed E-state index contributed by atoms with van der Waals surface area (Å²) in [5.74, 6) is 0.329. The smallest absolute Gasteiger partial charge is 0.354 e. The molecule has 0 aliphatic rings. The zero-order valence-corrected chi connectivity index (χ0v) is 12.4. The third-order valence-electron chi connectivity index (χ3n) is 3.08. The molecule has 0 N–H and O–H groups in total. The van der Waals surface area contributed by atoms with Crippen LogP contribution in [0.1, 0.15) is 11.1 Å². The second kappa shape index (κ2) is 7.09. The maximum Gasteiger partial charge on any atom is 0.354 e. The molecule has 0 saturated carbocycles. The molecule has 0 aliphatic carbocycles. The van der Waals surface area contributed by atoms with E-state index >= 15 is 0 Å². The summed E-state index contributed by atoms with van der Waals surface area (Å²) in [7, 11) is 1.53. The van der Waals surface area contributed by atoms with E-state index in [-0.39, 0.29) is 5.57 Å². The summed E-state index contributed by atoms with van der Waals surface area (Å²) >= 11 is 0. The van der Waals surface area contributed by atoms with Crippen molar-refractivity contribution in [2.75, 3.05) is 7.11 Å². The Kier molecular flexibility index (Phi) is 4.94. The number of aryl methyl sites for hydroxylation is 1. The fourth-order valence-corrected chi connectivity index (χ4v) is 1.90. The topological polar surface area (TPSA) is 59.3 Å². The second-order valence-electron chi connectivity index (χ2n) is 4.57. The van der Waals surface area contributed by atoms with Crippen molar-refractivity contribution in [1.29, 1.82) is 5.26 Å². The molecule has 0 amide bonds. The highest BCUT2D eigenvalue weighted by Gasteiger charge is 2.14. The molecule has 22 heavy (non-hydrogen) atoms. The van der Waals surface area contributed by atoms with Crippen LogP contribution in [0.4, 0.5) is 0 Å². The molecule has 0 fully saturated rings. The average Bonchev–Trinajstić information content (AvgIpc) is 2.55. The van der Waals surface area contributed by atoms with Crippen LogP contribution in [-0.4, -0.2) is 13.1 Å². The molecule has 0 radical (unpaired) electrons. The van der Waals surface area contributed by atoms with Crippen molar-refractivity contribution < 1.29 is 14.3 Å². The SMILES string of the molecule is COc1ccccc1/C=C(\C#N)C(=O)Oc1ccccc1C. The number of hydrogen-bond donors (Lipinski definition) is 0. The van der Waals surface area contributed by atoms with Crippen molar-refractivity contribution >= 4 is 12.0 Å². The Morgan fingerprint density at radius 3 is 2.36 bits per heavy atom. The lowest BCUT2D eigenvalue weighted by atomic mass is 10.1. The molecular weight excluding hydrogens is 278 g/mol. The number of para-hydroxylation sites is 2. The highest BCUT2D eigenvalue weighted by molar-refractivity contribution is 5.99. The van der Waals surface area contributed by atoms with E-state index in [1.54, 1.807) is 30.3 Å². The molecule has 2 rings (SSSR count). The Hall–Kier alpha value is -3.06. The Balaban J connectivity index is 2.28. The van der Waals surface area contributed by atoms with Gasteiger partial charge in [0.15, 0.2) is 0 Å². The largest absolute Gasteiger partial charge is 0.496 e. The van der Waals surface area contributed by atoms with Crippen LogP contribution in [0.15, 0.2) is 54.1 Å². The van der Waals surface area contributed by atoms with Gasteiger partial charge in [-0.15, -0.1) is 0 Å². The van der Waals surface area contributed by atoms with E-state index in [0.717, 1.165) is 5.56 Å². The van der Waals surface area contributed by atoms with E-state index < -0.39 is 5.97 Å². The van der Waals surface area contributed by atoms with Gasteiger partial charge in [-0.3, -0.25) is 0 Å². The number of carbonyl (C=O) groups is 1. The number of rotatable bonds is 4. The summed E-state index contributed by atoms with van der Waals surface area (Å²) in [5, 5.41) is 9.21. The number of methoxy groups -OCH3 is 1. The van der Waals surface area contributed by atoms with Crippen LogP contribution in [0.2, 0.25) is 0 Å². The van der Waals surface area contributed by atoms with Gasteiger partial charge in [-0.25, -0.2) is 4.79 Å². The molecule has 0 aromatic heterocycles. The Morgan fingerprint density at radius 1 is 1.09 bits per heavy atom. The van der Waals surface area contributed by atoms with Crippen LogP contribution in [0, 0.1) is 18.3 Å². The molecule has 110 valence electrons. The number of ether oxygens (including phenoxy) is 2. The van der Waals surface area contributed by atoms with Gasteiger partial charge in [-0.05, 0) is 30.7 Å². The number of nitriles is 1. The van der Waals surface area contributed by atoms with Gasteiger partial charge in [0.1, 0.15) is 23.1 Å². The summed E-state index contributed by atoms with van der Waals surface area (Å²) in [6.07, 6.45) is 1.46. The molecule has 2 aromatic rings. The van der Waals surface area contributed by atoms with E-state index in [1.165, 1.54) is 13.2 Å². The van der Waals surface area contributed by atoms with Crippen molar-refractivity contribution in [2.24, 2.45) is 0 Å². The minimum absolute atomic E-state index is 0.0900. The lowest BCUT2D eigenvalue weighted by Gasteiger charge is -2.07. The molecule has 0 heterocycles. The van der Waals surface area contributed by atoms with E-state index in [4.69, 9.17) is 9.47 Å². The van der Waals surface area contributed by atoms with Gasteiger partial charge < -0.3 is 9.47 Å². The molecule has 2 aromatic carbocycles. The number of benzene rings is 2. The quantitative estimate of drug-likeness (QED) is 0.374. The first kappa shape index (κ1) is 15.3. The second-order valence-corrected chi connectivity index (χ2v) is 4.57. The number of carbonyl (C=O) groups excluding carboxylic acids is 1. The molecule has 0 aliphatic heterocycles. The van der Waals surface area contributed by atoms with Gasteiger partial charge in [0.05, 0.1) is 7.11 Å². The molecular formula is C18H15NO3. The number of nitrogens with zero attached hydrogens (tertiary/aromatic N) is 1. The molecule has 0 bridgehead atoms. The maximum absolute atomic E-state index is 12.1. The fraction of sp³-hybridized carbons (Fsp3) is 0.111. The Bertz CT molecular complexity index is 757. The third-order valence-corrected chi connectivity index (χ3v) is 3.08. The van der Waals surface area contributed by atoms with Gasteiger partial charge in [-0.1, -0.05) is 36.4 Å². The van der Waals surface area contributed by atoms with E-state index in [1.807, 2.05) is 31.2 Å². The molecule has 0 spiro atoms. The first-order valence-corrected chi connectivity index (χ1v) is 6.68. The summed E-state index contributed by atoms with van der Waals surface area (Å²) in [6, 6.07) is 16.1. The minimum Gasteiger partial charge on any atom is -0.496 e. The standard InChI is InChI=1S/C18H15NO3/c1-13-7-3-5-9-16(13)22-18(20)15(12-19)11-14-8-4-6-10-17(14)21-2/h3-11H,1-2H3/b15-11+. The van der Waals surface area contributed by atoms with Crippen LogP contribution in [-0.2, 0) is 4.79 Å². The van der Waals surface area contributed by atoms with Crippen LogP contribution >= 0.6 is 0 Å². The highest BCUT2D eigenvalue weighted by Crippen LogP contribution is 2.22. The summed E-state index contributed by atoms with van der Waals surface area (Å²) in [6.45, 7) is 1.83. The van der Waals surface area contributed by atoms with Gasteiger partial charge in [0.25, 0.3) is 0 Å². The van der Waals surface area contributed by atoms with Gasteiger partial charge in [-0.2, -0.15) is 5.26 Å². The maximum atomic E-state index is 12.1. The van der Waals surface area contributed by atoms with Gasteiger partial charge >= 0.3 is 5.97 Å². The zero-order valence-electron chi connectivity index (χ0n) is 12.4. The van der Waals surface area contributed by atoms with Crippen molar-refractivity contribution in [2.45, 2.75) is 6.92 Å². The van der Waals surface area contributed by atoms with Crippen molar-refractivity contribution in [3.8, 4) is 17.6 Å². The lowest BCUT2D eigenvalue weighted by Crippen LogP contribution is -2.10. The van der Waals surface area contributed by atoms with E-state index in [9.17, 15) is 10.1 Å². The van der Waals surface area contributed by atoms with Crippen LogP contribution < -0.4 is 9.47 Å². The monoisotopic (exact) mass is 293 g/mol. The van der Waals surface area contributed by atoms with Crippen LogP contribution in [0.25, 0.3) is 6.08 Å². The van der Waals surface area contributed by atoms with Crippen molar-refractivity contribution in [3.05, 3.63) is 65.2 Å². The van der Waals surface area contributed by atoms with Crippen molar-refractivity contribution in [3.63, 3.8) is 0 Å². The van der Waals surface area contributed by atoms with E-state index in [2.05, 4.69) is 0 Å². The highest BCUT2D eigenvalue weighted by atomic mass is 16.5. The molecule has 4 heteroatoms. The van der Waals surface area contributed by atoms with E-state index in [0.29, 0.717) is 17.1 Å². The molecule has 0 saturated heterocycles. The third kappa shape index (κ3) is 3.53. The van der Waals surface area contributed by atoms with Crippen LogP contribution in [0.5, 0.6) is 11.5 Å².